The van der Waals surface area contributed by atoms with Crippen molar-refractivity contribution < 1.29 is 14.3 Å². The normalized spacial score (nSPS) is 22.7. The van der Waals surface area contributed by atoms with E-state index in [0.717, 1.165) is 0 Å². The first-order valence-corrected chi connectivity index (χ1v) is 6.67. The molecular weight excluding hydrogens is 246 g/mol. The van der Waals surface area contributed by atoms with Crippen LogP contribution in [0.4, 0.5) is 4.79 Å². The zero-order chi connectivity index (χ0) is 14.6. The molecule has 0 aromatic rings. The molecule has 1 aliphatic rings. The van der Waals surface area contributed by atoms with Crippen molar-refractivity contribution >= 4 is 11.9 Å². The number of nitrogens with one attached hydrogen (secondary N) is 2. The van der Waals surface area contributed by atoms with Crippen molar-refractivity contribution in [1.82, 2.24) is 15.5 Å². The van der Waals surface area contributed by atoms with E-state index >= 15 is 0 Å². The van der Waals surface area contributed by atoms with Crippen molar-refractivity contribution in [3.63, 3.8) is 0 Å². The van der Waals surface area contributed by atoms with Gasteiger partial charge in [0, 0.05) is 18.6 Å². The Morgan fingerprint density at radius 1 is 1.37 bits per heavy atom. The Morgan fingerprint density at radius 2 is 2.00 bits per heavy atom. The molecule has 0 aromatic carbocycles. The van der Waals surface area contributed by atoms with E-state index in [1.807, 2.05) is 32.6 Å². The second-order valence-corrected chi connectivity index (χ2v) is 6.05. The summed E-state index contributed by atoms with van der Waals surface area (Å²) in [7, 11) is 0. The van der Waals surface area contributed by atoms with E-state index in [4.69, 9.17) is 4.74 Å². The van der Waals surface area contributed by atoms with E-state index in [2.05, 4.69) is 10.6 Å². The number of hydrogen-bond donors (Lipinski definition) is 2. The highest BCUT2D eigenvalue weighted by Gasteiger charge is 2.27. The monoisotopic (exact) mass is 271 g/mol. The fourth-order valence-electron chi connectivity index (χ4n) is 1.95. The highest BCUT2D eigenvalue weighted by atomic mass is 16.5. The largest absolute Gasteiger partial charge is 0.376 e. The fraction of sp³-hybridized carbons (Fsp3) is 0.846. The van der Waals surface area contributed by atoms with Gasteiger partial charge in [-0.25, -0.2) is 4.79 Å². The molecular formula is C13H25N3O3. The quantitative estimate of drug-likeness (QED) is 0.776. The molecule has 0 spiro atoms. The summed E-state index contributed by atoms with van der Waals surface area (Å²) < 4.78 is 5.43. The molecule has 2 N–H and O–H groups in total. The standard InChI is InChI=1S/C13H25N3O3/c1-9-8-16(6-7-19-9)10(2)11(17)14-12(18)15-13(3,4)5/h9-10H,6-8H2,1-5H3,(H2,14,15,17,18). The second kappa shape index (κ2) is 6.34. The van der Waals surface area contributed by atoms with E-state index in [1.165, 1.54) is 0 Å². The molecule has 110 valence electrons. The highest BCUT2D eigenvalue weighted by molar-refractivity contribution is 5.97. The number of imide groups is 1. The second-order valence-electron chi connectivity index (χ2n) is 6.05. The molecule has 2 atom stereocenters. The minimum Gasteiger partial charge on any atom is -0.376 e. The highest BCUT2D eigenvalue weighted by Crippen LogP contribution is 2.08. The molecule has 1 saturated heterocycles. The number of hydrogen-bond acceptors (Lipinski definition) is 4. The Labute approximate surface area is 114 Å². The Hall–Kier alpha value is -1.14. The van der Waals surface area contributed by atoms with Gasteiger partial charge in [0.15, 0.2) is 0 Å². The van der Waals surface area contributed by atoms with Gasteiger partial charge in [-0.2, -0.15) is 0 Å². The Morgan fingerprint density at radius 3 is 2.53 bits per heavy atom. The van der Waals surface area contributed by atoms with Crippen LogP contribution in [-0.4, -0.2) is 54.2 Å². The molecule has 0 aromatic heterocycles. The van der Waals surface area contributed by atoms with E-state index in [0.29, 0.717) is 19.7 Å². The molecule has 1 fully saturated rings. The van der Waals surface area contributed by atoms with Crippen molar-refractivity contribution in [2.75, 3.05) is 19.7 Å². The summed E-state index contributed by atoms with van der Waals surface area (Å²) >= 11 is 0. The molecule has 1 aliphatic heterocycles. The molecule has 1 rings (SSSR count). The first-order chi connectivity index (χ1) is 8.69. The van der Waals surface area contributed by atoms with Crippen LogP contribution in [-0.2, 0) is 9.53 Å². The summed E-state index contributed by atoms with van der Waals surface area (Å²) in [5.74, 6) is -0.282. The first-order valence-electron chi connectivity index (χ1n) is 6.67. The molecule has 0 bridgehead atoms. The average molecular weight is 271 g/mol. The summed E-state index contributed by atoms with van der Waals surface area (Å²) in [4.78, 5) is 25.6. The van der Waals surface area contributed by atoms with E-state index < -0.39 is 6.03 Å². The van der Waals surface area contributed by atoms with Gasteiger partial charge < -0.3 is 10.1 Å². The third-order valence-electron chi connectivity index (χ3n) is 2.92. The van der Waals surface area contributed by atoms with E-state index in [9.17, 15) is 9.59 Å². The van der Waals surface area contributed by atoms with Gasteiger partial charge in [0.25, 0.3) is 0 Å². The minimum atomic E-state index is -0.453. The minimum absolute atomic E-state index is 0.118. The molecule has 1 heterocycles. The molecule has 0 radical (unpaired) electrons. The molecule has 0 aliphatic carbocycles. The molecule has 2 unspecified atom stereocenters. The average Bonchev–Trinajstić information content (AvgIpc) is 2.25. The number of ether oxygens (including phenoxy) is 1. The van der Waals surface area contributed by atoms with Gasteiger partial charge in [0.2, 0.25) is 5.91 Å². The Kier molecular flexibility index (Phi) is 5.31. The van der Waals surface area contributed by atoms with Crippen LogP contribution in [0.1, 0.15) is 34.6 Å². The number of carbonyl (C=O) groups is 2. The van der Waals surface area contributed by atoms with Crippen LogP contribution in [0, 0.1) is 0 Å². The van der Waals surface area contributed by atoms with Gasteiger partial charge in [-0.3, -0.25) is 15.0 Å². The molecule has 6 heteroatoms. The van der Waals surface area contributed by atoms with Crippen LogP contribution in [0.3, 0.4) is 0 Å². The SMILES string of the molecule is CC1CN(C(C)C(=O)NC(=O)NC(C)(C)C)CCO1. The fourth-order valence-corrected chi connectivity index (χ4v) is 1.95. The van der Waals surface area contributed by atoms with Crippen LogP contribution < -0.4 is 10.6 Å². The molecule has 0 saturated carbocycles. The first kappa shape index (κ1) is 15.9. The maximum absolute atomic E-state index is 12.0. The number of morpholine rings is 1. The lowest BCUT2D eigenvalue weighted by Gasteiger charge is -2.34. The van der Waals surface area contributed by atoms with E-state index in [1.54, 1.807) is 6.92 Å². The van der Waals surface area contributed by atoms with Gasteiger partial charge in [0.05, 0.1) is 18.8 Å². The van der Waals surface area contributed by atoms with Gasteiger partial charge in [-0.05, 0) is 34.6 Å². The van der Waals surface area contributed by atoms with Crippen molar-refractivity contribution in [2.24, 2.45) is 0 Å². The number of rotatable bonds is 2. The zero-order valence-corrected chi connectivity index (χ0v) is 12.4. The van der Waals surface area contributed by atoms with Gasteiger partial charge in [-0.15, -0.1) is 0 Å². The maximum Gasteiger partial charge on any atom is 0.321 e. The predicted octanol–water partition coefficient (Wildman–Crippen LogP) is 0.720. The lowest BCUT2D eigenvalue weighted by atomic mass is 10.1. The number of amides is 3. The van der Waals surface area contributed by atoms with Gasteiger partial charge in [0.1, 0.15) is 0 Å². The molecule has 19 heavy (non-hydrogen) atoms. The van der Waals surface area contributed by atoms with Crippen LogP contribution in [0.15, 0.2) is 0 Å². The summed E-state index contributed by atoms with van der Waals surface area (Å²) in [5.41, 5.74) is -0.360. The van der Waals surface area contributed by atoms with Gasteiger partial charge >= 0.3 is 6.03 Å². The molecule has 6 nitrogen and oxygen atoms in total. The summed E-state index contributed by atoms with van der Waals surface area (Å²) in [5, 5.41) is 5.08. The van der Waals surface area contributed by atoms with Crippen LogP contribution in [0.25, 0.3) is 0 Å². The summed E-state index contributed by atoms with van der Waals surface area (Å²) in [6.07, 6.45) is 0.118. The lowest BCUT2D eigenvalue weighted by molar-refractivity contribution is -0.127. The number of urea groups is 1. The topological polar surface area (TPSA) is 70.7 Å². The van der Waals surface area contributed by atoms with Gasteiger partial charge in [-0.1, -0.05) is 0 Å². The van der Waals surface area contributed by atoms with Crippen molar-refractivity contribution in [3.8, 4) is 0 Å². The lowest BCUT2D eigenvalue weighted by Crippen LogP contribution is -2.55. The number of carbonyl (C=O) groups excluding carboxylic acids is 2. The summed E-state index contributed by atoms with van der Waals surface area (Å²) in [6.45, 7) is 11.4. The van der Waals surface area contributed by atoms with Crippen LogP contribution in [0.5, 0.6) is 0 Å². The zero-order valence-electron chi connectivity index (χ0n) is 12.4. The predicted molar refractivity (Wildman–Crippen MR) is 72.9 cm³/mol. The van der Waals surface area contributed by atoms with Crippen LogP contribution in [0.2, 0.25) is 0 Å². The smallest absolute Gasteiger partial charge is 0.321 e. The van der Waals surface area contributed by atoms with Crippen molar-refractivity contribution in [2.45, 2.75) is 52.3 Å². The van der Waals surface area contributed by atoms with Crippen LogP contribution >= 0.6 is 0 Å². The van der Waals surface area contributed by atoms with E-state index in [-0.39, 0.29) is 23.6 Å². The Balaban J connectivity index is 2.46. The number of nitrogens with zero attached hydrogens (tertiary/aromatic N) is 1. The molecule has 3 amide bonds. The maximum atomic E-state index is 12.0. The van der Waals surface area contributed by atoms with Crippen molar-refractivity contribution in [3.05, 3.63) is 0 Å². The third kappa shape index (κ3) is 5.57. The summed E-state index contributed by atoms with van der Waals surface area (Å²) in [6, 6.07) is -0.789. The van der Waals surface area contributed by atoms with Crippen molar-refractivity contribution in [1.29, 1.82) is 0 Å². The third-order valence-corrected chi connectivity index (χ3v) is 2.92. The Bertz CT molecular complexity index is 339.